The van der Waals surface area contributed by atoms with E-state index >= 15 is 0 Å². The normalized spacial score (nSPS) is 22.9. The molecule has 0 aromatic heterocycles. The zero-order valence-corrected chi connectivity index (χ0v) is 11.7. The third-order valence-corrected chi connectivity index (χ3v) is 3.49. The Kier molecular flexibility index (Phi) is 4.39. The maximum absolute atomic E-state index is 12.0. The number of carbonyl (C=O) groups is 1. The fourth-order valence-electron chi connectivity index (χ4n) is 2.34. The van der Waals surface area contributed by atoms with Crippen LogP contribution in [0.5, 0.6) is 0 Å². The van der Waals surface area contributed by atoms with Gasteiger partial charge in [0.15, 0.2) is 0 Å². The molecule has 1 aliphatic heterocycles. The van der Waals surface area contributed by atoms with Gasteiger partial charge in [-0.25, -0.2) is 4.79 Å². The summed E-state index contributed by atoms with van der Waals surface area (Å²) in [6.07, 6.45) is 0.464. The summed E-state index contributed by atoms with van der Waals surface area (Å²) < 4.78 is 4.79. The van der Waals surface area contributed by atoms with Crippen molar-refractivity contribution in [3.8, 4) is 0 Å². The number of carbonyl (C=O) groups excluding carboxylic acids is 1. The van der Waals surface area contributed by atoms with Crippen LogP contribution in [0.4, 0.5) is 0 Å². The van der Waals surface area contributed by atoms with Crippen LogP contribution < -0.4 is 0 Å². The van der Waals surface area contributed by atoms with E-state index in [0.717, 1.165) is 12.0 Å². The van der Waals surface area contributed by atoms with Crippen molar-refractivity contribution in [3.63, 3.8) is 0 Å². The van der Waals surface area contributed by atoms with Crippen molar-refractivity contribution in [1.29, 1.82) is 0 Å². The largest absolute Gasteiger partial charge is 0.466 e. The molecule has 0 radical (unpaired) electrons. The number of aliphatic hydroxyl groups is 1. The van der Waals surface area contributed by atoms with Gasteiger partial charge in [-0.3, -0.25) is 0 Å². The van der Waals surface area contributed by atoms with E-state index in [1.807, 2.05) is 37.3 Å². The molecule has 1 N–H and O–H groups in total. The second kappa shape index (κ2) is 6.05. The lowest BCUT2D eigenvalue weighted by Gasteiger charge is -2.28. The third-order valence-electron chi connectivity index (χ3n) is 3.49. The van der Waals surface area contributed by atoms with Gasteiger partial charge < -0.3 is 14.7 Å². The van der Waals surface area contributed by atoms with Crippen LogP contribution >= 0.6 is 0 Å². The van der Waals surface area contributed by atoms with Crippen molar-refractivity contribution in [3.05, 3.63) is 35.9 Å². The molecule has 1 aliphatic rings. The number of nitrogens with zero attached hydrogens (tertiary/aromatic N) is 1. The van der Waals surface area contributed by atoms with Crippen LogP contribution in [-0.2, 0) is 14.4 Å². The molecule has 0 aliphatic carbocycles. The summed E-state index contributed by atoms with van der Waals surface area (Å²) in [5.74, 6) is -0.590. The van der Waals surface area contributed by atoms with Gasteiger partial charge in [0.25, 0.3) is 5.60 Å². The summed E-state index contributed by atoms with van der Waals surface area (Å²) in [4.78, 5) is 17.4. The van der Waals surface area contributed by atoms with E-state index in [-0.39, 0.29) is 6.42 Å². The minimum Gasteiger partial charge on any atom is -0.466 e. The summed E-state index contributed by atoms with van der Waals surface area (Å²) in [6, 6.07) is 9.46. The van der Waals surface area contributed by atoms with E-state index in [2.05, 4.69) is 5.16 Å². The van der Waals surface area contributed by atoms with Crippen LogP contribution in [0.3, 0.4) is 0 Å². The van der Waals surface area contributed by atoms with Crippen molar-refractivity contribution >= 4 is 11.7 Å². The molecule has 108 valence electrons. The Morgan fingerprint density at radius 2 is 2.20 bits per heavy atom. The molecular formula is C15H19NO4. The standard InChI is InChI=1S/C15H19NO4/c1-3-7-13(17)15(14(18)19-2)10-12(16-20-15)11-8-5-4-6-9-11/h4-6,8-9,13,17H,3,7,10H2,1-2H3/t13-,15+/m1/s1. The van der Waals surface area contributed by atoms with Crippen LogP contribution in [0.25, 0.3) is 0 Å². The van der Waals surface area contributed by atoms with Gasteiger partial charge in [0.2, 0.25) is 0 Å². The maximum Gasteiger partial charge on any atom is 0.356 e. The molecule has 5 nitrogen and oxygen atoms in total. The molecule has 2 atom stereocenters. The minimum atomic E-state index is -1.42. The molecule has 1 aromatic carbocycles. The summed E-state index contributed by atoms with van der Waals surface area (Å²) >= 11 is 0. The lowest BCUT2D eigenvalue weighted by Crippen LogP contribution is -2.50. The summed E-state index contributed by atoms with van der Waals surface area (Å²) in [6.45, 7) is 1.93. The van der Waals surface area contributed by atoms with E-state index in [4.69, 9.17) is 9.57 Å². The molecule has 0 fully saturated rings. The monoisotopic (exact) mass is 277 g/mol. The highest BCUT2D eigenvalue weighted by atomic mass is 16.7. The quantitative estimate of drug-likeness (QED) is 0.834. The lowest BCUT2D eigenvalue weighted by molar-refractivity contribution is -0.182. The van der Waals surface area contributed by atoms with Gasteiger partial charge >= 0.3 is 5.97 Å². The van der Waals surface area contributed by atoms with E-state index in [9.17, 15) is 9.90 Å². The van der Waals surface area contributed by atoms with Gasteiger partial charge in [0.05, 0.1) is 19.2 Å². The Labute approximate surface area is 118 Å². The predicted octanol–water partition coefficient (Wildman–Crippen LogP) is 1.88. The highest BCUT2D eigenvalue weighted by Crippen LogP contribution is 2.33. The Bertz CT molecular complexity index is 500. The summed E-state index contributed by atoms with van der Waals surface area (Å²) in [7, 11) is 1.28. The smallest absolute Gasteiger partial charge is 0.356 e. The Balaban J connectivity index is 2.24. The highest BCUT2D eigenvalue weighted by molar-refractivity contribution is 6.04. The number of hydrogen-bond acceptors (Lipinski definition) is 5. The molecule has 0 amide bonds. The third kappa shape index (κ3) is 2.54. The second-order valence-electron chi connectivity index (χ2n) is 4.86. The Morgan fingerprint density at radius 3 is 2.80 bits per heavy atom. The first-order valence-corrected chi connectivity index (χ1v) is 6.71. The first kappa shape index (κ1) is 14.5. The Hall–Kier alpha value is -1.88. The van der Waals surface area contributed by atoms with Gasteiger partial charge in [-0.1, -0.05) is 48.8 Å². The summed E-state index contributed by atoms with van der Waals surface area (Å²) in [5, 5.41) is 14.3. The molecular weight excluding hydrogens is 258 g/mol. The zero-order valence-electron chi connectivity index (χ0n) is 11.7. The zero-order chi connectivity index (χ0) is 14.6. The number of oxime groups is 1. The predicted molar refractivity (Wildman–Crippen MR) is 74.3 cm³/mol. The van der Waals surface area contributed by atoms with Crippen LogP contribution in [0, 0.1) is 0 Å². The maximum atomic E-state index is 12.0. The first-order chi connectivity index (χ1) is 9.64. The Morgan fingerprint density at radius 1 is 1.50 bits per heavy atom. The van der Waals surface area contributed by atoms with Gasteiger partial charge in [-0.2, -0.15) is 0 Å². The number of hydrogen-bond donors (Lipinski definition) is 1. The molecule has 1 aromatic rings. The van der Waals surface area contributed by atoms with Gasteiger partial charge in [0.1, 0.15) is 6.10 Å². The first-order valence-electron chi connectivity index (χ1n) is 6.71. The molecule has 0 bridgehead atoms. The van der Waals surface area contributed by atoms with Crippen molar-refractivity contribution in [2.24, 2.45) is 5.16 Å². The second-order valence-corrected chi connectivity index (χ2v) is 4.86. The SMILES string of the molecule is CCC[C@@H](O)[C@]1(C(=O)OC)CC(c2ccccc2)=NO1. The highest BCUT2D eigenvalue weighted by Gasteiger charge is 2.53. The van der Waals surface area contributed by atoms with E-state index in [1.165, 1.54) is 7.11 Å². The number of methoxy groups -OCH3 is 1. The molecule has 5 heteroatoms. The average molecular weight is 277 g/mol. The van der Waals surface area contributed by atoms with E-state index in [0.29, 0.717) is 12.1 Å². The number of rotatable bonds is 5. The number of benzene rings is 1. The number of aliphatic hydroxyl groups excluding tert-OH is 1. The molecule has 20 heavy (non-hydrogen) atoms. The van der Waals surface area contributed by atoms with Crippen LogP contribution in [-0.4, -0.2) is 35.6 Å². The topological polar surface area (TPSA) is 68.1 Å². The van der Waals surface area contributed by atoms with Crippen LogP contribution in [0.2, 0.25) is 0 Å². The lowest BCUT2D eigenvalue weighted by atomic mass is 9.87. The molecule has 2 rings (SSSR count). The van der Waals surface area contributed by atoms with Crippen LogP contribution in [0.15, 0.2) is 35.5 Å². The number of ether oxygens (including phenoxy) is 1. The molecule has 1 heterocycles. The average Bonchev–Trinajstić information content (AvgIpc) is 2.94. The van der Waals surface area contributed by atoms with Crippen molar-refractivity contribution < 1.29 is 19.5 Å². The van der Waals surface area contributed by atoms with E-state index in [1.54, 1.807) is 0 Å². The fraction of sp³-hybridized carbons (Fsp3) is 0.467. The van der Waals surface area contributed by atoms with E-state index < -0.39 is 17.7 Å². The fourth-order valence-corrected chi connectivity index (χ4v) is 2.34. The van der Waals surface area contributed by atoms with Crippen molar-refractivity contribution in [1.82, 2.24) is 0 Å². The molecule has 0 spiro atoms. The molecule has 0 saturated heterocycles. The van der Waals surface area contributed by atoms with Gasteiger partial charge in [-0.15, -0.1) is 0 Å². The van der Waals surface area contributed by atoms with Gasteiger partial charge in [0, 0.05) is 0 Å². The number of esters is 1. The van der Waals surface area contributed by atoms with Gasteiger partial charge in [-0.05, 0) is 12.0 Å². The van der Waals surface area contributed by atoms with Crippen molar-refractivity contribution in [2.75, 3.05) is 7.11 Å². The minimum absolute atomic E-state index is 0.213. The summed E-state index contributed by atoms with van der Waals surface area (Å²) in [5.41, 5.74) is 0.101. The van der Waals surface area contributed by atoms with Crippen molar-refractivity contribution in [2.45, 2.75) is 37.9 Å². The molecule has 0 unspecified atom stereocenters. The molecule has 0 saturated carbocycles. The van der Waals surface area contributed by atoms with Crippen LogP contribution in [0.1, 0.15) is 31.7 Å².